The Hall–Kier alpha value is -3.54. The SMILES string of the molecule is Cc1ccc2c(c1)CC(N/C(=C1/CO1)c1cc(N)cc(Nc3cccc(F)c3)n1)C2. The molecular weight excluding hydrogens is 379 g/mol. The van der Waals surface area contributed by atoms with E-state index in [1.807, 2.05) is 6.07 Å². The highest BCUT2D eigenvalue weighted by atomic mass is 19.1. The van der Waals surface area contributed by atoms with E-state index in [4.69, 9.17) is 15.5 Å². The summed E-state index contributed by atoms with van der Waals surface area (Å²) in [6.45, 7) is 2.71. The van der Waals surface area contributed by atoms with Gasteiger partial charge < -0.3 is 21.1 Å². The second-order valence-electron chi connectivity index (χ2n) is 7.91. The first-order valence-electron chi connectivity index (χ1n) is 10.0. The topological polar surface area (TPSA) is 75.5 Å². The van der Waals surface area contributed by atoms with Gasteiger partial charge in [0, 0.05) is 23.5 Å². The van der Waals surface area contributed by atoms with Crippen molar-refractivity contribution in [3.63, 3.8) is 0 Å². The molecule has 1 atom stereocenters. The van der Waals surface area contributed by atoms with Crippen molar-refractivity contribution in [1.29, 1.82) is 0 Å². The molecule has 0 bridgehead atoms. The molecule has 30 heavy (non-hydrogen) atoms. The number of hydrogen-bond donors (Lipinski definition) is 3. The van der Waals surface area contributed by atoms with Gasteiger partial charge in [-0.25, -0.2) is 9.37 Å². The van der Waals surface area contributed by atoms with Gasteiger partial charge in [-0.15, -0.1) is 0 Å². The van der Waals surface area contributed by atoms with Gasteiger partial charge in [0.25, 0.3) is 0 Å². The molecule has 5 rings (SSSR count). The van der Waals surface area contributed by atoms with Crippen LogP contribution in [0, 0.1) is 12.7 Å². The molecule has 4 N–H and O–H groups in total. The third-order valence-electron chi connectivity index (χ3n) is 5.41. The molecule has 152 valence electrons. The molecule has 1 aliphatic heterocycles. The number of aromatic nitrogens is 1. The lowest BCUT2D eigenvalue weighted by molar-refractivity contribution is 0.506. The fourth-order valence-corrected chi connectivity index (χ4v) is 3.99. The van der Waals surface area contributed by atoms with E-state index >= 15 is 0 Å². The van der Waals surface area contributed by atoms with E-state index in [1.54, 1.807) is 18.2 Å². The highest BCUT2D eigenvalue weighted by Crippen LogP contribution is 2.31. The molecule has 2 aliphatic rings. The molecule has 0 saturated carbocycles. The second kappa shape index (κ2) is 7.37. The summed E-state index contributed by atoms with van der Waals surface area (Å²) in [6, 6.07) is 16.7. The van der Waals surface area contributed by atoms with E-state index in [0.717, 1.165) is 24.3 Å². The lowest BCUT2D eigenvalue weighted by Gasteiger charge is -2.17. The van der Waals surface area contributed by atoms with Gasteiger partial charge in [0.2, 0.25) is 0 Å². The van der Waals surface area contributed by atoms with Crippen LogP contribution in [0.3, 0.4) is 0 Å². The van der Waals surface area contributed by atoms with Crippen LogP contribution in [0.4, 0.5) is 21.6 Å². The maximum Gasteiger partial charge on any atom is 0.159 e. The number of aryl methyl sites for hydroxylation is 1. The van der Waals surface area contributed by atoms with E-state index < -0.39 is 0 Å². The number of hydrogen-bond acceptors (Lipinski definition) is 5. The third kappa shape index (κ3) is 3.94. The van der Waals surface area contributed by atoms with Crippen LogP contribution < -0.4 is 16.4 Å². The zero-order valence-corrected chi connectivity index (χ0v) is 16.7. The number of fused-ring (bicyclic) bond motifs is 1. The number of nitrogens with zero attached hydrogens (tertiary/aromatic N) is 1. The zero-order valence-electron chi connectivity index (χ0n) is 16.7. The first-order valence-corrected chi connectivity index (χ1v) is 10.0. The number of pyridine rings is 1. The van der Waals surface area contributed by atoms with Crippen molar-refractivity contribution < 1.29 is 9.13 Å². The largest absolute Gasteiger partial charge is 0.484 e. The molecule has 1 aromatic heterocycles. The summed E-state index contributed by atoms with van der Waals surface area (Å²) in [7, 11) is 0. The normalized spacial score (nSPS) is 18.4. The minimum absolute atomic E-state index is 0.274. The van der Waals surface area contributed by atoms with Gasteiger partial charge in [0.05, 0.1) is 5.69 Å². The smallest absolute Gasteiger partial charge is 0.159 e. The highest BCUT2D eigenvalue weighted by Gasteiger charge is 2.28. The first-order chi connectivity index (χ1) is 14.5. The lowest BCUT2D eigenvalue weighted by atomic mass is 10.1. The molecule has 1 aliphatic carbocycles. The van der Waals surface area contributed by atoms with Gasteiger partial charge in [-0.05, 0) is 55.2 Å². The molecule has 0 spiro atoms. The fourth-order valence-electron chi connectivity index (χ4n) is 3.99. The maximum atomic E-state index is 13.5. The Bertz CT molecular complexity index is 1150. The molecule has 1 saturated heterocycles. The van der Waals surface area contributed by atoms with Crippen molar-refractivity contribution in [3.8, 4) is 0 Å². The maximum absolute atomic E-state index is 13.5. The summed E-state index contributed by atoms with van der Waals surface area (Å²) in [5.74, 6) is 1.13. The minimum Gasteiger partial charge on any atom is -0.484 e. The molecule has 5 nitrogen and oxygen atoms in total. The van der Waals surface area contributed by atoms with Crippen LogP contribution in [0.2, 0.25) is 0 Å². The van der Waals surface area contributed by atoms with Crippen LogP contribution in [0.5, 0.6) is 0 Å². The molecule has 1 unspecified atom stereocenters. The Labute approximate surface area is 174 Å². The Morgan fingerprint density at radius 2 is 1.93 bits per heavy atom. The van der Waals surface area contributed by atoms with Gasteiger partial charge in [0.1, 0.15) is 23.9 Å². The molecule has 6 heteroatoms. The van der Waals surface area contributed by atoms with E-state index in [2.05, 4.69) is 35.8 Å². The van der Waals surface area contributed by atoms with Gasteiger partial charge >= 0.3 is 0 Å². The van der Waals surface area contributed by atoms with Crippen molar-refractivity contribution >= 4 is 22.9 Å². The Balaban J connectivity index is 1.39. The lowest BCUT2D eigenvalue weighted by Crippen LogP contribution is -2.29. The van der Waals surface area contributed by atoms with Crippen molar-refractivity contribution in [3.05, 3.63) is 88.6 Å². The summed E-state index contributed by atoms with van der Waals surface area (Å²) in [5, 5.41) is 6.77. The predicted octanol–water partition coefficient (Wildman–Crippen LogP) is 4.31. The van der Waals surface area contributed by atoms with Crippen molar-refractivity contribution in [2.75, 3.05) is 17.7 Å². The average Bonchev–Trinajstić information content (AvgIpc) is 3.45. The molecule has 2 heterocycles. The number of nitrogens with two attached hydrogens (primary N) is 1. The summed E-state index contributed by atoms with van der Waals surface area (Å²) in [4.78, 5) is 4.71. The van der Waals surface area contributed by atoms with Crippen LogP contribution in [-0.2, 0) is 17.6 Å². The molecule has 0 amide bonds. The van der Waals surface area contributed by atoms with Crippen molar-refractivity contribution in [1.82, 2.24) is 10.3 Å². The van der Waals surface area contributed by atoms with Crippen molar-refractivity contribution in [2.24, 2.45) is 0 Å². The molecular formula is C24H23FN4O. The first kappa shape index (κ1) is 18.5. The van der Waals surface area contributed by atoms with E-state index in [9.17, 15) is 4.39 Å². The number of epoxide rings is 1. The van der Waals surface area contributed by atoms with Crippen LogP contribution in [0.15, 0.2) is 60.4 Å². The molecule has 0 radical (unpaired) electrons. The van der Waals surface area contributed by atoms with Crippen LogP contribution in [0.1, 0.15) is 22.4 Å². The van der Waals surface area contributed by atoms with E-state index in [0.29, 0.717) is 29.5 Å². The van der Waals surface area contributed by atoms with Gasteiger partial charge in [-0.3, -0.25) is 0 Å². The third-order valence-corrected chi connectivity index (χ3v) is 5.41. The Morgan fingerprint density at radius 1 is 1.10 bits per heavy atom. The number of ether oxygens (including phenoxy) is 1. The van der Waals surface area contributed by atoms with Crippen LogP contribution >= 0.6 is 0 Å². The quantitative estimate of drug-likeness (QED) is 0.555. The molecule has 1 fully saturated rings. The predicted molar refractivity (Wildman–Crippen MR) is 117 cm³/mol. The summed E-state index contributed by atoms with van der Waals surface area (Å²) < 4.78 is 19.0. The Morgan fingerprint density at radius 3 is 2.73 bits per heavy atom. The van der Waals surface area contributed by atoms with E-state index in [-0.39, 0.29) is 11.9 Å². The second-order valence-corrected chi connectivity index (χ2v) is 7.91. The van der Waals surface area contributed by atoms with Crippen molar-refractivity contribution in [2.45, 2.75) is 25.8 Å². The fraction of sp³-hybridized carbons (Fsp3) is 0.208. The number of halogens is 1. The van der Waals surface area contributed by atoms with Gasteiger partial charge in [-0.1, -0.05) is 29.8 Å². The number of rotatable bonds is 5. The average molecular weight is 402 g/mol. The summed E-state index contributed by atoms with van der Waals surface area (Å²) in [5.41, 5.74) is 13.0. The van der Waals surface area contributed by atoms with Crippen LogP contribution in [-0.4, -0.2) is 17.6 Å². The van der Waals surface area contributed by atoms with Crippen LogP contribution in [0.25, 0.3) is 5.70 Å². The summed E-state index contributed by atoms with van der Waals surface area (Å²) >= 11 is 0. The minimum atomic E-state index is -0.309. The van der Waals surface area contributed by atoms with Gasteiger partial charge in [0.15, 0.2) is 5.76 Å². The van der Waals surface area contributed by atoms with E-state index in [1.165, 1.54) is 28.8 Å². The Kier molecular flexibility index (Phi) is 4.54. The number of nitrogen functional groups attached to an aromatic ring is 1. The molecule has 3 aromatic rings. The molecule has 2 aromatic carbocycles. The van der Waals surface area contributed by atoms with Gasteiger partial charge in [-0.2, -0.15) is 0 Å². The standard InChI is InChI=1S/C24H23FN4O/c1-14-5-6-15-8-20(9-16(15)7-14)28-24(22-13-30-22)21-11-18(26)12-23(29-21)27-19-4-2-3-17(25)10-19/h2-7,10-12,20,28H,8-9,13H2,1H3,(H3,26,27,29)/b24-22-. The zero-order chi connectivity index (χ0) is 20.7. The highest BCUT2D eigenvalue weighted by molar-refractivity contribution is 5.71. The summed E-state index contributed by atoms with van der Waals surface area (Å²) in [6.07, 6.45) is 1.92. The number of anilines is 3. The number of benzene rings is 2. The monoisotopic (exact) mass is 402 g/mol. The number of nitrogens with one attached hydrogen (secondary N) is 2.